The number of hydrogen-bond donors (Lipinski definition) is 1. The lowest BCUT2D eigenvalue weighted by molar-refractivity contribution is -0.130. The van der Waals surface area contributed by atoms with Crippen LogP contribution in [0.2, 0.25) is 0 Å². The molecule has 0 bridgehead atoms. The van der Waals surface area contributed by atoms with E-state index >= 15 is 0 Å². The molecule has 130 valence electrons. The molecule has 1 aromatic carbocycles. The second-order valence-corrected chi connectivity index (χ2v) is 7.58. The zero-order valence-corrected chi connectivity index (χ0v) is 15.0. The summed E-state index contributed by atoms with van der Waals surface area (Å²) in [5.74, 6) is 1.00. The zero-order valence-electron chi connectivity index (χ0n) is 14.2. The van der Waals surface area contributed by atoms with E-state index in [1.54, 1.807) is 16.7 Å². The molecule has 1 atom stereocenters. The van der Waals surface area contributed by atoms with E-state index in [9.17, 15) is 9.59 Å². The minimum absolute atomic E-state index is 0.0427. The second-order valence-electron chi connectivity index (χ2n) is 6.63. The van der Waals surface area contributed by atoms with Gasteiger partial charge in [-0.25, -0.2) is 0 Å². The number of carbonyl (C=O) groups is 2. The Kier molecular flexibility index (Phi) is 5.79. The van der Waals surface area contributed by atoms with Gasteiger partial charge in [0.05, 0.1) is 11.6 Å². The van der Waals surface area contributed by atoms with Gasteiger partial charge in [0.15, 0.2) is 0 Å². The largest absolute Gasteiger partial charge is 0.325 e. The van der Waals surface area contributed by atoms with Crippen LogP contribution in [0.15, 0.2) is 24.3 Å². The molecule has 3 rings (SSSR count). The number of nitrogens with one attached hydrogen (secondary N) is 1. The molecule has 2 heterocycles. The van der Waals surface area contributed by atoms with Crippen molar-refractivity contribution in [3.05, 3.63) is 29.8 Å². The number of carbonyl (C=O) groups excluding carboxylic acids is 2. The number of rotatable bonds is 5. The Bertz CT molecular complexity index is 590. The van der Waals surface area contributed by atoms with Crippen molar-refractivity contribution in [1.29, 1.82) is 0 Å². The van der Waals surface area contributed by atoms with Crippen molar-refractivity contribution >= 4 is 29.3 Å². The van der Waals surface area contributed by atoms with Gasteiger partial charge in [-0.1, -0.05) is 18.6 Å². The molecule has 0 unspecified atom stereocenters. The summed E-state index contributed by atoms with van der Waals surface area (Å²) in [5.41, 5.74) is 2.06. The van der Waals surface area contributed by atoms with Gasteiger partial charge < -0.3 is 10.2 Å². The molecule has 2 aliphatic heterocycles. The Morgan fingerprint density at radius 2 is 2.08 bits per heavy atom. The fraction of sp³-hybridized carbons (Fsp3) is 0.556. The molecule has 0 spiro atoms. The molecule has 24 heavy (non-hydrogen) atoms. The van der Waals surface area contributed by atoms with Crippen LogP contribution in [-0.4, -0.2) is 52.4 Å². The minimum atomic E-state index is -0.136. The quantitative estimate of drug-likeness (QED) is 0.889. The summed E-state index contributed by atoms with van der Waals surface area (Å²) in [6.07, 6.45) is 3.90. The molecule has 0 saturated carbocycles. The van der Waals surface area contributed by atoms with Gasteiger partial charge in [-0.3, -0.25) is 14.5 Å². The maximum atomic E-state index is 12.0. The van der Waals surface area contributed by atoms with E-state index < -0.39 is 0 Å². The maximum absolute atomic E-state index is 12.0. The highest BCUT2D eigenvalue weighted by Crippen LogP contribution is 2.20. The molecular formula is C18H25N3O2S. The molecule has 1 N–H and O–H groups in total. The standard InChI is InChI=1S/C18H25N3O2S/c1-14-4-2-3-9-20(14)10-15-5-7-16(8-6-15)19-17(22)11-21-13-24-12-18(21)23/h5-8,14H,2-4,9-13H2,1H3,(H,19,22)/t14-/m1/s1. The molecular weight excluding hydrogens is 322 g/mol. The van der Waals surface area contributed by atoms with Gasteiger partial charge in [-0.2, -0.15) is 0 Å². The highest BCUT2D eigenvalue weighted by molar-refractivity contribution is 8.00. The summed E-state index contributed by atoms with van der Waals surface area (Å²) in [6, 6.07) is 8.70. The van der Waals surface area contributed by atoms with Gasteiger partial charge in [0.25, 0.3) is 0 Å². The van der Waals surface area contributed by atoms with Crippen LogP contribution in [0.3, 0.4) is 0 Å². The van der Waals surface area contributed by atoms with Crippen molar-refractivity contribution in [1.82, 2.24) is 9.80 Å². The number of thioether (sulfide) groups is 1. The molecule has 0 aromatic heterocycles. The smallest absolute Gasteiger partial charge is 0.244 e. The van der Waals surface area contributed by atoms with Crippen molar-refractivity contribution in [3.63, 3.8) is 0 Å². The van der Waals surface area contributed by atoms with Crippen molar-refractivity contribution in [3.8, 4) is 0 Å². The monoisotopic (exact) mass is 347 g/mol. The van der Waals surface area contributed by atoms with E-state index in [4.69, 9.17) is 0 Å². The van der Waals surface area contributed by atoms with E-state index in [0.717, 1.165) is 12.2 Å². The lowest BCUT2D eigenvalue weighted by Crippen LogP contribution is -2.36. The van der Waals surface area contributed by atoms with Gasteiger partial charge in [-0.05, 0) is 44.0 Å². The number of nitrogens with zero attached hydrogens (tertiary/aromatic N) is 2. The predicted octanol–water partition coefficient (Wildman–Crippen LogP) is 2.53. The van der Waals surface area contributed by atoms with Gasteiger partial charge in [0.2, 0.25) is 11.8 Å². The highest BCUT2D eigenvalue weighted by atomic mass is 32.2. The van der Waals surface area contributed by atoms with Crippen molar-refractivity contribution in [2.45, 2.75) is 38.8 Å². The molecule has 5 nitrogen and oxygen atoms in total. The molecule has 2 aliphatic rings. The predicted molar refractivity (Wildman–Crippen MR) is 97.8 cm³/mol. The first-order valence-corrected chi connectivity index (χ1v) is 9.75. The zero-order chi connectivity index (χ0) is 16.9. The summed E-state index contributed by atoms with van der Waals surface area (Å²) in [7, 11) is 0. The topological polar surface area (TPSA) is 52.7 Å². The van der Waals surface area contributed by atoms with Gasteiger partial charge in [0, 0.05) is 18.3 Å². The number of piperidine rings is 1. The third kappa shape index (κ3) is 4.51. The van der Waals surface area contributed by atoms with Crippen LogP contribution in [0.5, 0.6) is 0 Å². The van der Waals surface area contributed by atoms with Crippen LogP contribution >= 0.6 is 11.8 Å². The first kappa shape index (κ1) is 17.3. The van der Waals surface area contributed by atoms with E-state index in [0.29, 0.717) is 17.7 Å². The number of likely N-dealkylation sites (tertiary alicyclic amines) is 1. The number of amides is 2. The number of hydrogen-bond acceptors (Lipinski definition) is 4. The normalized spacial score (nSPS) is 22.0. The Hall–Kier alpha value is -1.53. The van der Waals surface area contributed by atoms with Crippen LogP contribution < -0.4 is 5.32 Å². The Labute approximate surface area is 147 Å². The highest BCUT2D eigenvalue weighted by Gasteiger charge is 2.23. The average Bonchev–Trinajstić information content (AvgIpc) is 2.96. The van der Waals surface area contributed by atoms with E-state index in [1.165, 1.54) is 31.4 Å². The van der Waals surface area contributed by atoms with E-state index in [-0.39, 0.29) is 18.4 Å². The molecule has 6 heteroatoms. The fourth-order valence-electron chi connectivity index (χ4n) is 3.23. The van der Waals surface area contributed by atoms with Gasteiger partial charge in [0.1, 0.15) is 6.54 Å². The second kappa shape index (κ2) is 8.03. The molecule has 0 aliphatic carbocycles. The van der Waals surface area contributed by atoms with Crippen LogP contribution in [0, 0.1) is 0 Å². The third-order valence-electron chi connectivity index (χ3n) is 4.72. The van der Waals surface area contributed by atoms with E-state index in [2.05, 4.69) is 29.3 Å². The summed E-state index contributed by atoms with van der Waals surface area (Å²) < 4.78 is 0. The van der Waals surface area contributed by atoms with Crippen LogP contribution in [0.1, 0.15) is 31.7 Å². The number of benzene rings is 1. The molecule has 0 radical (unpaired) electrons. The van der Waals surface area contributed by atoms with Crippen LogP contribution in [0.4, 0.5) is 5.69 Å². The van der Waals surface area contributed by atoms with Crippen molar-refractivity contribution in [2.75, 3.05) is 30.0 Å². The Morgan fingerprint density at radius 3 is 2.75 bits per heavy atom. The van der Waals surface area contributed by atoms with E-state index in [1.807, 2.05) is 12.1 Å². The summed E-state index contributed by atoms with van der Waals surface area (Å²) in [4.78, 5) is 27.7. The van der Waals surface area contributed by atoms with Crippen LogP contribution in [-0.2, 0) is 16.1 Å². The Balaban J connectivity index is 1.50. The van der Waals surface area contributed by atoms with Crippen LogP contribution in [0.25, 0.3) is 0 Å². The fourth-order valence-corrected chi connectivity index (χ4v) is 4.14. The Morgan fingerprint density at radius 1 is 1.29 bits per heavy atom. The summed E-state index contributed by atoms with van der Waals surface area (Å²) in [6.45, 7) is 4.57. The maximum Gasteiger partial charge on any atom is 0.244 e. The first-order valence-electron chi connectivity index (χ1n) is 8.60. The average molecular weight is 347 g/mol. The third-order valence-corrected chi connectivity index (χ3v) is 5.67. The lowest BCUT2D eigenvalue weighted by atomic mass is 10.0. The minimum Gasteiger partial charge on any atom is -0.325 e. The molecule has 2 saturated heterocycles. The van der Waals surface area contributed by atoms with Crippen molar-refractivity contribution < 1.29 is 9.59 Å². The SMILES string of the molecule is C[C@@H]1CCCCN1Cc1ccc(NC(=O)CN2CSCC2=O)cc1. The summed E-state index contributed by atoms with van der Waals surface area (Å²) >= 11 is 1.55. The first-order chi connectivity index (χ1) is 11.6. The van der Waals surface area contributed by atoms with Crippen molar-refractivity contribution in [2.24, 2.45) is 0 Å². The molecule has 1 aromatic rings. The molecule has 2 amide bonds. The van der Waals surface area contributed by atoms with Gasteiger partial charge in [-0.15, -0.1) is 11.8 Å². The summed E-state index contributed by atoms with van der Waals surface area (Å²) in [5, 5.41) is 2.87. The van der Waals surface area contributed by atoms with Gasteiger partial charge >= 0.3 is 0 Å². The number of anilines is 1. The molecule has 2 fully saturated rings. The lowest BCUT2D eigenvalue weighted by Gasteiger charge is -2.33.